The van der Waals surface area contributed by atoms with E-state index in [1.54, 1.807) is 0 Å². The van der Waals surface area contributed by atoms with Gasteiger partial charge in [0.1, 0.15) is 0 Å². The van der Waals surface area contributed by atoms with Gasteiger partial charge < -0.3 is 14.8 Å². The molecule has 11 unspecified atom stereocenters. The van der Waals surface area contributed by atoms with Crippen LogP contribution in [0.1, 0.15) is 129 Å². The van der Waals surface area contributed by atoms with Crippen molar-refractivity contribution in [3.63, 3.8) is 0 Å². The molecule has 0 saturated heterocycles. The van der Waals surface area contributed by atoms with Crippen molar-refractivity contribution in [3.05, 3.63) is 53.6 Å². The van der Waals surface area contributed by atoms with Gasteiger partial charge in [0, 0.05) is 5.54 Å². The second kappa shape index (κ2) is 12.1. The van der Waals surface area contributed by atoms with Crippen LogP contribution in [0.5, 0.6) is 0 Å². The standard InChI is InChI=1S/C44H63NO4/c1-10-49-39(47)32-25-30(32)26-45-44-22-17-31(27(2)3)37(44)34-15-16-36-41(6)20-18-33(28-11-13-29(14-12-28)38(46)48-9)40(4,5)35(41)19-21-43(36,8)42(34,7)23-24-44/h11-14,18,30-32,34-37,45H,2,10,15-17,19-26H2,1,3-9H3. The molecule has 11 atom stereocenters. The molecule has 5 nitrogen and oxygen atoms in total. The van der Waals surface area contributed by atoms with Gasteiger partial charge in [0.05, 0.1) is 25.2 Å². The van der Waals surface area contributed by atoms with Gasteiger partial charge in [-0.15, -0.1) is 0 Å². The van der Waals surface area contributed by atoms with Gasteiger partial charge in [0.25, 0.3) is 0 Å². The van der Waals surface area contributed by atoms with Crippen LogP contribution in [-0.4, -0.2) is 37.7 Å². The SMILES string of the molecule is C=C(C)C1CCC2(NCC3CC3C(=O)OCC)CCC3(C)C(CCC4C5(C)CC=C(c6ccc(C(=O)OC)cc6)C(C)(C)C5CCC43C)C12. The topological polar surface area (TPSA) is 64.6 Å². The molecular formula is C44H63NO4. The van der Waals surface area contributed by atoms with Crippen LogP contribution in [0.3, 0.4) is 0 Å². The van der Waals surface area contributed by atoms with Crippen molar-refractivity contribution in [1.29, 1.82) is 0 Å². The predicted molar refractivity (Wildman–Crippen MR) is 197 cm³/mol. The summed E-state index contributed by atoms with van der Waals surface area (Å²) in [6.07, 6.45) is 14.9. The molecule has 1 aromatic rings. The van der Waals surface area contributed by atoms with E-state index in [0.717, 1.165) is 19.4 Å². The molecule has 0 spiro atoms. The van der Waals surface area contributed by atoms with E-state index >= 15 is 0 Å². The van der Waals surface area contributed by atoms with Gasteiger partial charge in [-0.2, -0.15) is 0 Å². The zero-order valence-electron chi connectivity index (χ0n) is 31.8. The smallest absolute Gasteiger partial charge is 0.337 e. The quantitative estimate of drug-likeness (QED) is 0.221. The first-order valence-electron chi connectivity index (χ1n) is 19.6. The number of allylic oxidation sites excluding steroid dienone is 3. The molecule has 49 heavy (non-hydrogen) atoms. The number of hydrogen-bond donors (Lipinski definition) is 1. The van der Waals surface area contributed by atoms with E-state index in [0.29, 0.717) is 58.5 Å². The van der Waals surface area contributed by atoms with Crippen LogP contribution in [0.4, 0.5) is 0 Å². The number of methoxy groups -OCH3 is 1. The summed E-state index contributed by atoms with van der Waals surface area (Å²) in [5, 5.41) is 4.22. The minimum Gasteiger partial charge on any atom is -0.466 e. The maximum atomic E-state index is 12.5. The number of esters is 2. The van der Waals surface area contributed by atoms with Crippen molar-refractivity contribution >= 4 is 17.5 Å². The van der Waals surface area contributed by atoms with E-state index in [2.05, 4.69) is 71.6 Å². The maximum Gasteiger partial charge on any atom is 0.337 e. The van der Waals surface area contributed by atoms with E-state index in [9.17, 15) is 9.59 Å². The largest absolute Gasteiger partial charge is 0.466 e. The van der Waals surface area contributed by atoms with Crippen LogP contribution in [0.25, 0.3) is 5.57 Å². The Balaban J connectivity index is 1.16. The highest BCUT2D eigenvalue weighted by Crippen LogP contribution is 2.76. The number of carbonyl (C=O) groups excluding carboxylic acids is 2. The molecule has 0 aromatic heterocycles. The molecular weight excluding hydrogens is 606 g/mol. The summed E-state index contributed by atoms with van der Waals surface area (Å²) >= 11 is 0. The van der Waals surface area contributed by atoms with Gasteiger partial charge in [-0.3, -0.25) is 4.79 Å². The van der Waals surface area contributed by atoms with Gasteiger partial charge in [-0.1, -0.05) is 65.0 Å². The first kappa shape index (κ1) is 35.0. The van der Waals surface area contributed by atoms with Crippen LogP contribution in [-0.2, 0) is 14.3 Å². The Hall–Kier alpha value is -2.40. The van der Waals surface area contributed by atoms with Gasteiger partial charge in [0.2, 0.25) is 0 Å². The molecule has 6 aliphatic rings. The molecule has 0 bridgehead atoms. The maximum absolute atomic E-state index is 12.5. The number of hydrogen-bond acceptors (Lipinski definition) is 5. The lowest BCUT2D eigenvalue weighted by Gasteiger charge is -2.72. The van der Waals surface area contributed by atoms with Crippen LogP contribution < -0.4 is 5.32 Å². The van der Waals surface area contributed by atoms with E-state index in [1.807, 2.05) is 19.1 Å². The van der Waals surface area contributed by atoms with Gasteiger partial charge in [0.15, 0.2) is 0 Å². The summed E-state index contributed by atoms with van der Waals surface area (Å²) < 4.78 is 10.3. The normalized spacial score (nSPS) is 43.2. The highest BCUT2D eigenvalue weighted by atomic mass is 16.5. The van der Waals surface area contributed by atoms with Crippen LogP contribution in [0, 0.1) is 63.1 Å². The molecule has 6 aliphatic carbocycles. The third kappa shape index (κ3) is 5.16. The lowest BCUT2D eigenvalue weighted by molar-refractivity contribution is -0.219. The van der Waals surface area contributed by atoms with Gasteiger partial charge >= 0.3 is 11.9 Å². The molecule has 1 aromatic carbocycles. The minimum absolute atomic E-state index is 0.00507. The Bertz CT molecular complexity index is 1530. The van der Waals surface area contributed by atoms with E-state index < -0.39 is 0 Å². The Kier molecular flexibility index (Phi) is 8.64. The second-order valence-corrected chi connectivity index (χ2v) is 18.7. The predicted octanol–water partition coefficient (Wildman–Crippen LogP) is 9.67. The molecule has 268 valence electrons. The van der Waals surface area contributed by atoms with Gasteiger partial charge in [-0.25, -0.2) is 4.79 Å². The number of fused-ring (bicyclic) bond motifs is 7. The summed E-state index contributed by atoms with van der Waals surface area (Å²) in [6, 6.07) is 8.11. The third-order valence-electron chi connectivity index (χ3n) is 16.5. The summed E-state index contributed by atoms with van der Waals surface area (Å²) in [4.78, 5) is 24.6. The zero-order valence-corrected chi connectivity index (χ0v) is 31.8. The van der Waals surface area contributed by atoms with Gasteiger partial charge in [-0.05, 0) is 165 Å². The minimum atomic E-state index is -0.278. The molecule has 0 heterocycles. The number of benzene rings is 1. The number of ether oxygens (including phenoxy) is 2. The third-order valence-corrected chi connectivity index (χ3v) is 16.5. The molecule has 0 amide bonds. The van der Waals surface area contributed by atoms with Crippen molar-refractivity contribution in [2.45, 2.75) is 118 Å². The summed E-state index contributed by atoms with van der Waals surface area (Å²) in [7, 11) is 1.44. The fraction of sp³-hybridized carbons (Fsp3) is 0.727. The molecule has 5 heteroatoms. The monoisotopic (exact) mass is 669 g/mol. The summed E-state index contributed by atoms with van der Waals surface area (Å²) in [6.45, 7) is 23.3. The molecule has 7 rings (SSSR count). The van der Waals surface area contributed by atoms with Crippen molar-refractivity contribution in [1.82, 2.24) is 5.32 Å². The Labute approximate surface area is 296 Å². The number of nitrogens with one attached hydrogen (secondary N) is 1. The van der Waals surface area contributed by atoms with Crippen LogP contribution in [0.15, 0.2) is 42.5 Å². The van der Waals surface area contributed by atoms with Crippen LogP contribution in [0.2, 0.25) is 0 Å². The molecule has 0 aliphatic heterocycles. The Morgan fingerprint density at radius 2 is 1.63 bits per heavy atom. The molecule has 0 radical (unpaired) electrons. The highest BCUT2D eigenvalue weighted by molar-refractivity contribution is 5.90. The second-order valence-electron chi connectivity index (χ2n) is 18.7. The molecule has 1 N–H and O–H groups in total. The number of carbonyl (C=O) groups is 2. The average Bonchev–Trinajstić information content (AvgIpc) is 3.75. The Morgan fingerprint density at radius 3 is 2.31 bits per heavy atom. The fourth-order valence-electron chi connectivity index (χ4n) is 13.8. The fourth-order valence-corrected chi connectivity index (χ4v) is 13.8. The lowest BCUT2D eigenvalue weighted by atomic mass is 9.33. The first-order valence-corrected chi connectivity index (χ1v) is 19.6. The van der Waals surface area contributed by atoms with E-state index in [4.69, 9.17) is 9.47 Å². The Morgan fingerprint density at radius 1 is 0.898 bits per heavy atom. The highest BCUT2D eigenvalue weighted by Gasteiger charge is 2.70. The van der Waals surface area contributed by atoms with Crippen LogP contribution >= 0.6 is 0 Å². The summed E-state index contributed by atoms with van der Waals surface area (Å²) in [5.41, 5.74) is 5.73. The summed E-state index contributed by atoms with van der Waals surface area (Å²) in [5.74, 6) is 3.44. The lowest BCUT2D eigenvalue weighted by Crippen LogP contribution is -2.68. The van der Waals surface area contributed by atoms with Crippen molar-refractivity contribution < 1.29 is 19.1 Å². The van der Waals surface area contributed by atoms with Crippen molar-refractivity contribution in [2.24, 2.45) is 63.1 Å². The van der Waals surface area contributed by atoms with E-state index in [-0.39, 0.29) is 34.2 Å². The van der Waals surface area contributed by atoms with Crippen molar-refractivity contribution in [3.8, 4) is 0 Å². The molecule has 5 saturated carbocycles. The average molecular weight is 670 g/mol. The molecule has 5 fully saturated rings. The first-order chi connectivity index (χ1) is 23.2. The van der Waals surface area contributed by atoms with E-state index in [1.165, 1.54) is 75.2 Å². The zero-order chi connectivity index (χ0) is 35.1. The van der Waals surface area contributed by atoms with Crippen molar-refractivity contribution in [2.75, 3.05) is 20.3 Å². The number of rotatable bonds is 8.